The molecule has 6 heteroatoms. The van der Waals surface area contributed by atoms with Crippen LogP contribution in [0, 0.1) is 0 Å². The van der Waals surface area contributed by atoms with Gasteiger partial charge < -0.3 is 20.0 Å². The standard InChI is InChI=1S/C20H30N4O2/c1-22(2)19(25)15-16-5-7-17(8-6-16)21-20(26)24-13-9-18(10-14-24)23-11-3-4-12-23/h5-8,18H,3-4,9-15H2,1-2H3,(H,21,26). The molecule has 2 aliphatic heterocycles. The number of carbonyl (C=O) groups excluding carboxylic acids is 2. The third-order valence-corrected chi connectivity index (χ3v) is 5.47. The fraction of sp³-hybridized carbons (Fsp3) is 0.600. The van der Waals surface area contributed by atoms with Crippen molar-refractivity contribution in [1.29, 1.82) is 0 Å². The Balaban J connectivity index is 1.46. The van der Waals surface area contributed by atoms with Crippen molar-refractivity contribution in [3.63, 3.8) is 0 Å². The van der Waals surface area contributed by atoms with E-state index in [1.807, 2.05) is 29.2 Å². The number of carbonyl (C=O) groups is 2. The summed E-state index contributed by atoms with van der Waals surface area (Å²) in [6, 6.07) is 8.16. The third-order valence-electron chi connectivity index (χ3n) is 5.47. The van der Waals surface area contributed by atoms with E-state index >= 15 is 0 Å². The summed E-state index contributed by atoms with van der Waals surface area (Å²) in [5, 5.41) is 2.98. The molecule has 0 bridgehead atoms. The number of hydrogen-bond donors (Lipinski definition) is 1. The molecule has 2 saturated heterocycles. The number of amides is 3. The second-order valence-corrected chi connectivity index (χ2v) is 7.55. The highest BCUT2D eigenvalue weighted by Gasteiger charge is 2.28. The van der Waals surface area contributed by atoms with E-state index in [2.05, 4.69) is 10.2 Å². The van der Waals surface area contributed by atoms with E-state index in [1.54, 1.807) is 19.0 Å². The lowest BCUT2D eigenvalue weighted by Gasteiger charge is -2.36. The summed E-state index contributed by atoms with van der Waals surface area (Å²) in [7, 11) is 3.51. The zero-order valence-electron chi connectivity index (χ0n) is 15.9. The molecule has 3 rings (SSSR count). The van der Waals surface area contributed by atoms with Gasteiger partial charge in [-0.25, -0.2) is 4.79 Å². The van der Waals surface area contributed by atoms with Crippen LogP contribution in [0.3, 0.4) is 0 Å². The zero-order valence-corrected chi connectivity index (χ0v) is 15.9. The fourth-order valence-electron chi connectivity index (χ4n) is 3.78. The van der Waals surface area contributed by atoms with Crippen LogP contribution in [-0.2, 0) is 11.2 Å². The quantitative estimate of drug-likeness (QED) is 0.899. The minimum Gasteiger partial charge on any atom is -0.349 e. The highest BCUT2D eigenvalue weighted by molar-refractivity contribution is 5.89. The van der Waals surface area contributed by atoms with Crippen LogP contribution in [0.1, 0.15) is 31.2 Å². The van der Waals surface area contributed by atoms with E-state index in [1.165, 1.54) is 25.9 Å². The van der Waals surface area contributed by atoms with Gasteiger partial charge in [-0.2, -0.15) is 0 Å². The van der Waals surface area contributed by atoms with Gasteiger partial charge in [-0.3, -0.25) is 4.79 Å². The lowest BCUT2D eigenvalue weighted by molar-refractivity contribution is -0.127. The number of benzene rings is 1. The van der Waals surface area contributed by atoms with E-state index in [-0.39, 0.29) is 11.9 Å². The number of rotatable bonds is 4. The first kappa shape index (κ1) is 18.7. The van der Waals surface area contributed by atoms with Gasteiger partial charge in [0, 0.05) is 38.9 Å². The van der Waals surface area contributed by atoms with Crippen molar-refractivity contribution in [2.45, 2.75) is 38.1 Å². The average molecular weight is 358 g/mol. The second-order valence-electron chi connectivity index (χ2n) is 7.55. The van der Waals surface area contributed by atoms with Gasteiger partial charge >= 0.3 is 6.03 Å². The topological polar surface area (TPSA) is 55.9 Å². The summed E-state index contributed by atoms with van der Waals surface area (Å²) in [6.45, 7) is 4.09. The predicted molar refractivity (Wildman–Crippen MR) is 103 cm³/mol. The first-order valence-electron chi connectivity index (χ1n) is 9.62. The average Bonchev–Trinajstić information content (AvgIpc) is 3.18. The van der Waals surface area contributed by atoms with Crippen molar-refractivity contribution in [2.75, 3.05) is 45.6 Å². The predicted octanol–water partition coefficient (Wildman–Crippen LogP) is 2.41. The van der Waals surface area contributed by atoms with Crippen LogP contribution in [0.2, 0.25) is 0 Å². The smallest absolute Gasteiger partial charge is 0.321 e. The van der Waals surface area contributed by atoms with Gasteiger partial charge in [-0.1, -0.05) is 12.1 Å². The SMILES string of the molecule is CN(C)C(=O)Cc1ccc(NC(=O)N2CCC(N3CCCC3)CC2)cc1. The summed E-state index contributed by atoms with van der Waals surface area (Å²) in [6.07, 6.45) is 5.15. The maximum atomic E-state index is 12.5. The molecule has 2 fully saturated rings. The van der Waals surface area contributed by atoms with Crippen LogP contribution < -0.4 is 5.32 Å². The molecule has 0 atom stereocenters. The number of anilines is 1. The lowest BCUT2D eigenvalue weighted by atomic mass is 10.0. The normalized spacial score (nSPS) is 18.8. The molecule has 142 valence electrons. The van der Waals surface area contributed by atoms with Crippen molar-refractivity contribution in [2.24, 2.45) is 0 Å². The van der Waals surface area contributed by atoms with E-state index in [0.717, 1.165) is 37.2 Å². The maximum absolute atomic E-state index is 12.5. The van der Waals surface area contributed by atoms with Crippen molar-refractivity contribution in [3.8, 4) is 0 Å². The monoisotopic (exact) mass is 358 g/mol. The van der Waals surface area contributed by atoms with Gasteiger partial charge in [0.25, 0.3) is 0 Å². The van der Waals surface area contributed by atoms with Crippen LogP contribution in [0.15, 0.2) is 24.3 Å². The number of urea groups is 1. The minimum absolute atomic E-state index is 0.0259. The first-order chi connectivity index (χ1) is 12.5. The Morgan fingerprint density at radius 2 is 1.65 bits per heavy atom. The number of likely N-dealkylation sites (N-methyl/N-ethyl adjacent to an activating group) is 1. The molecule has 2 heterocycles. The lowest BCUT2D eigenvalue weighted by Crippen LogP contribution is -2.47. The number of nitrogens with zero attached hydrogens (tertiary/aromatic N) is 3. The molecule has 1 N–H and O–H groups in total. The molecule has 0 radical (unpaired) electrons. The summed E-state index contributed by atoms with van der Waals surface area (Å²) < 4.78 is 0. The number of hydrogen-bond acceptors (Lipinski definition) is 3. The number of likely N-dealkylation sites (tertiary alicyclic amines) is 2. The summed E-state index contributed by atoms with van der Waals surface area (Å²) in [5.41, 5.74) is 1.73. The van der Waals surface area contributed by atoms with Crippen molar-refractivity contribution in [1.82, 2.24) is 14.7 Å². The van der Waals surface area contributed by atoms with Gasteiger partial charge in [0.05, 0.1) is 6.42 Å². The molecule has 26 heavy (non-hydrogen) atoms. The van der Waals surface area contributed by atoms with Crippen LogP contribution >= 0.6 is 0 Å². The summed E-state index contributed by atoms with van der Waals surface area (Å²) in [5.74, 6) is 0.0719. The maximum Gasteiger partial charge on any atom is 0.321 e. The molecule has 0 aromatic heterocycles. The molecule has 1 aromatic rings. The molecular weight excluding hydrogens is 328 g/mol. The third kappa shape index (κ3) is 4.75. The second kappa shape index (κ2) is 8.54. The largest absolute Gasteiger partial charge is 0.349 e. The molecule has 0 aliphatic carbocycles. The molecule has 3 amide bonds. The highest BCUT2D eigenvalue weighted by Crippen LogP contribution is 2.21. The van der Waals surface area contributed by atoms with Gasteiger partial charge in [0.1, 0.15) is 0 Å². The van der Waals surface area contributed by atoms with Crippen LogP contribution in [0.5, 0.6) is 0 Å². The van der Waals surface area contributed by atoms with Crippen molar-refractivity contribution in [3.05, 3.63) is 29.8 Å². The van der Waals surface area contributed by atoms with Crippen LogP contribution in [0.4, 0.5) is 10.5 Å². The van der Waals surface area contributed by atoms with E-state index in [9.17, 15) is 9.59 Å². The molecule has 0 saturated carbocycles. The molecule has 0 spiro atoms. The first-order valence-corrected chi connectivity index (χ1v) is 9.62. The zero-order chi connectivity index (χ0) is 18.5. The Labute approximate surface area is 156 Å². The van der Waals surface area contributed by atoms with E-state index in [0.29, 0.717) is 12.5 Å². The Hall–Kier alpha value is -2.08. The Morgan fingerprint density at radius 1 is 1.04 bits per heavy atom. The van der Waals surface area contributed by atoms with Crippen LogP contribution in [-0.4, -0.2) is 73.0 Å². The molecule has 0 unspecified atom stereocenters. The van der Waals surface area contributed by atoms with Gasteiger partial charge in [0.2, 0.25) is 5.91 Å². The summed E-state index contributed by atoms with van der Waals surface area (Å²) in [4.78, 5) is 30.3. The van der Waals surface area contributed by atoms with E-state index in [4.69, 9.17) is 0 Å². The van der Waals surface area contributed by atoms with Crippen molar-refractivity contribution >= 4 is 17.6 Å². The Morgan fingerprint density at radius 3 is 2.23 bits per heavy atom. The van der Waals surface area contributed by atoms with Crippen molar-refractivity contribution < 1.29 is 9.59 Å². The molecule has 6 nitrogen and oxygen atoms in total. The van der Waals surface area contributed by atoms with Crippen LogP contribution in [0.25, 0.3) is 0 Å². The number of piperidine rings is 1. The minimum atomic E-state index is -0.0259. The Bertz CT molecular complexity index is 615. The van der Waals surface area contributed by atoms with Gasteiger partial charge in [-0.15, -0.1) is 0 Å². The van der Waals surface area contributed by atoms with Gasteiger partial charge in [0.15, 0.2) is 0 Å². The summed E-state index contributed by atoms with van der Waals surface area (Å²) >= 11 is 0. The highest BCUT2D eigenvalue weighted by atomic mass is 16.2. The molecule has 2 aliphatic rings. The molecular formula is C20H30N4O2. The fourth-order valence-corrected chi connectivity index (χ4v) is 3.78. The van der Waals surface area contributed by atoms with Gasteiger partial charge in [-0.05, 0) is 56.5 Å². The number of nitrogens with one attached hydrogen (secondary N) is 1. The Kier molecular flexibility index (Phi) is 6.14. The molecule has 1 aromatic carbocycles. The van der Waals surface area contributed by atoms with E-state index < -0.39 is 0 Å².